The van der Waals surface area contributed by atoms with Crippen LogP contribution in [0.15, 0.2) is 4.90 Å². The first-order chi connectivity index (χ1) is 11.6. The SMILES string of the molecule is CCCCCCc1c(CCCCCC)n(C)c(C=C=O)c(S)c1=S. The molecule has 0 saturated carbocycles. The van der Waals surface area contributed by atoms with Gasteiger partial charge in [0.05, 0.1) is 10.2 Å². The van der Waals surface area contributed by atoms with E-state index in [1.165, 1.54) is 55.9 Å². The average Bonchev–Trinajstić information content (AvgIpc) is 2.58. The van der Waals surface area contributed by atoms with E-state index >= 15 is 0 Å². The first-order valence-electron chi connectivity index (χ1n) is 9.22. The zero-order valence-corrected chi connectivity index (χ0v) is 17.1. The lowest BCUT2D eigenvalue weighted by molar-refractivity contribution is 0.570. The van der Waals surface area contributed by atoms with Gasteiger partial charge in [-0.25, -0.2) is 4.79 Å². The van der Waals surface area contributed by atoms with E-state index in [4.69, 9.17) is 12.2 Å². The Balaban J connectivity index is 3.16. The number of carbonyl (C=O) groups excluding carboxylic acids is 1. The van der Waals surface area contributed by atoms with Crippen molar-refractivity contribution in [1.29, 1.82) is 0 Å². The van der Waals surface area contributed by atoms with Crippen LogP contribution in [0.3, 0.4) is 0 Å². The van der Waals surface area contributed by atoms with Gasteiger partial charge in [0.15, 0.2) is 0 Å². The third kappa shape index (κ3) is 5.91. The molecule has 1 rings (SSSR count). The van der Waals surface area contributed by atoms with E-state index in [0.29, 0.717) is 0 Å². The van der Waals surface area contributed by atoms with Crippen LogP contribution < -0.4 is 0 Å². The van der Waals surface area contributed by atoms with Gasteiger partial charge < -0.3 is 4.57 Å². The Morgan fingerprint density at radius 3 is 2.17 bits per heavy atom. The fourth-order valence-electron chi connectivity index (χ4n) is 3.14. The van der Waals surface area contributed by atoms with Crippen molar-refractivity contribution in [3.05, 3.63) is 21.5 Å². The molecule has 0 bridgehead atoms. The van der Waals surface area contributed by atoms with Crippen LogP contribution >= 0.6 is 24.8 Å². The van der Waals surface area contributed by atoms with E-state index in [-0.39, 0.29) is 0 Å². The molecule has 1 aromatic rings. The van der Waals surface area contributed by atoms with Gasteiger partial charge in [-0.3, -0.25) is 0 Å². The van der Waals surface area contributed by atoms with E-state index < -0.39 is 0 Å². The van der Waals surface area contributed by atoms with Gasteiger partial charge in [-0.2, -0.15) is 0 Å². The molecular weight excluding hydrogens is 334 g/mol. The highest BCUT2D eigenvalue weighted by molar-refractivity contribution is 7.81. The topological polar surface area (TPSA) is 22.0 Å². The van der Waals surface area contributed by atoms with E-state index in [9.17, 15) is 4.79 Å². The molecule has 0 aliphatic heterocycles. The molecule has 0 aromatic carbocycles. The highest BCUT2D eigenvalue weighted by Gasteiger charge is 2.14. The Morgan fingerprint density at radius 2 is 1.62 bits per heavy atom. The number of unbranched alkanes of at least 4 members (excludes halogenated alkanes) is 6. The van der Waals surface area contributed by atoms with E-state index in [2.05, 4.69) is 31.0 Å². The summed E-state index contributed by atoms with van der Waals surface area (Å²) < 4.78 is 2.92. The Labute approximate surface area is 157 Å². The lowest BCUT2D eigenvalue weighted by atomic mass is 9.99. The molecule has 4 heteroatoms. The van der Waals surface area contributed by atoms with Crippen LogP contribution in [-0.2, 0) is 24.7 Å². The Morgan fingerprint density at radius 1 is 1.04 bits per heavy atom. The molecule has 0 saturated heterocycles. The van der Waals surface area contributed by atoms with Crippen molar-refractivity contribution >= 4 is 36.9 Å². The smallest absolute Gasteiger partial charge is 0.126 e. The number of thiol groups is 1. The molecule has 0 unspecified atom stereocenters. The minimum atomic E-state index is 0.735. The third-order valence-corrected chi connectivity index (χ3v) is 5.64. The predicted octanol–water partition coefficient (Wildman–Crippen LogP) is 6.13. The Hall–Kier alpha value is -0.830. The summed E-state index contributed by atoms with van der Waals surface area (Å²) in [5.41, 5.74) is 3.31. The molecule has 0 spiro atoms. The number of pyridine rings is 1. The van der Waals surface area contributed by atoms with Crippen LogP contribution in [0.4, 0.5) is 0 Å². The monoisotopic (exact) mass is 365 g/mol. The van der Waals surface area contributed by atoms with Gasteiger partial charge in [0.25, 0.3) is 0 Å². The van der Waals surface area contributed by atoms with Gasteiger partial charge in [0.1, 0.15) is 5.94 Å². The van der Waals surface area contributed by atoms with Gasteiger partial charge in [0.2, 0.25) is 0 Å². The molecule has 1 heterocycles. The molecule has 0 atom stereocenters. The van der Waals surface area contributed by atoms with Crippen LogP contribution in [0.5, 0.6) is 0 Å². The molecule has 0 N–H and O–H groups in total. The van der Waals surface area contributed by atoms with Crippen LogP contribution in [0.2, 0.25) is 0 Å². The standard InChI is InChI=1S/C20H31NOS2/c1-4-6-8-10-12-16-17(13-11-9-7-5-2)21(3)18(14-15-22)20(24)19(16)23/h14,24H,4-13H2,1-3H3. The summed E-state index contributed by atoms with van der Waals surface area (Å²) in [4.78, 5) is 11.6. The average molecular weight is 366 g/mol. The molecule has 1 aromatic heterocycles. The third-order valence-electron chi connectivity index (χ3n) is 4.59. The summed E-state index contributed by atoms with van der Waals surface area (Å²) in [7, 11) is 2.02. The second-order valence-electron chi connectivity index (χ2n) is 6.43. The molecule has 2 nitrogen and oxygen atoms in total. The van der Waals surface area contributed by atoms with Crippen LogP contribution in [0.1, 0.15) is 82.2 Å². The van der Waals surface area contributed by atoms with Crippen molar-refractivity contribution in [3.8, 4) is 0 Å². The summed E-state index contributed by atoms with van der Waals surface area (Å²) >= 11 is 10.3. The Bertz CT molecular complexity index is 628. The van der Waals surface area contributed by atoms with E-state index in [1.54, 1.807) is 0 Å². The normalized spacial score (nSPS) is 10.7. The summed E-state index contributed by atoms with van der Waals surface area (Å²) in [6, 6.07) is 0. The largest absolute Gasteiger partial charge is 0.346 e. The number of hydrogen-bond acceptors (Lipinski definition) is 3. The molecule has 24 heavy (non-hydrogen) atoms. The molecule has 134 valence electrons. The maximum Gasteiger partial charge on any atom is 0.126 e. The van der Waals surface area contributed by atoms with Crippen molar-refractivity contribution in [1.82, 2.24) is 4.57 Å². The minimum Gasteiger partial charge on any atom is -0.346 e. The van der Waals surface area contributed by atoms with Crippen LogP contribution in [0.25, 0.3) is 6.08 Å². The number of hydrogen-bond donors (Lipinski definition) is 1. The summed E-state index contributed by atoms with van der Waals surface area (Å²) in [6.07, 6.45) is 13.3. The summed E-state index contributed by atoms with van der Waals surface area (Å²) in [5.74, 6) is 1.88. The van der Waals surface area contributed by atoms with Crippen molar-refractivity contribution in [2.24, 2.45) is 7.05 Å². The first-order valence-corrected chi connectivity index (χ1v) is 10.1. The highest BCUT2D eigenvalue weighted by Crippen LogP contribution is 2.26. The van der Waals surface area contributed by atoms with Gasteiger partial charge in [-0.1, -0.05) is 64.6 Å². The lowest BCUT2D eigenvalue weighted by Gasteiger charge is -2.20. The van der Waals surface area contributed by atoms with Crippen molar-refractivity contribution in [2.75, 3.05) is 0 Å². The quantitative estimate of drug-likeness (QED) is 0.220. The van der Waals surface area contributed by atoms with Gasteiger partial charge in [0, 0.05) is 23.7 Å². The number of aromatic nitrogens is 1. The zero-order valence-electron chi connectivity index (χ0n) is 15.4. The zero-order chi connectivity index (χ0) is 17.9. The number of rotatable bonds is 11. The maximum absolute atomic E-state index is 10.9. The predicted molar refractivity (Wildman–Crippen MR) is 109 cm³/mol. The van der Waals surface area contributed by atoms with E-state index in [1.807, 2.05) is 13.0 Å². The summed E-state index contributed by atoms with van der Waals surface area (Å²) in [6.45, 7) is 4.45. The van der Waals surface area contributed by atoms with Crippen LogP contribution in [-0.4, -0.2) is 10.5 Å². The maximum atomic E-state index is 10.9. The minimum absolute atomic E-state index is 0.735. The molecule has 0 amide bonds. The highest BCUT2D eigenvalue weighted by atomic mass is 32.1. The second-order valence-corrected chi connectivity index (χ2v) is 7.29. The van der Waals surface area contributed by atoms with Gasteiger partial charge in [-0.05, 0) is 31.2 Å². The molecule has 0 radical (unpaired) electrons. The molecule has 0 aliphatic rings. The molecule has 0 aliphatic carbocycles. The van der Waals surface area contributed by atoms with Crippen molar-refractivity contribution < 1.29 is 4.79 Å². The van der Waals surface area contributed by atoms with Crippen molar-refractivity contribution in [2.45, 2.75) is 83.0 Å². The first kappa shape index (κ1) is 21.2. The molecule has 0 fully saturated rings. The van der Waals surface area contributed by atoms with Gasteiger partial charge >= 0.3 is 0 Å². The van der Waals surface area contributed by atoms with Gasteiger partial charge in [-0.15, -0.1) is 12.6 Å². The fourth-order valence-corrected chi connectivity index (χ4v) is 3.82. The summed E-state index contributed by atoms with van der Waals surface area (Å²) in [5, 5.41) is 0. The second kappa shape index (κ2) is 11.7. The number of nitrogens with zero attached hydrogens (tertiary/aromatic N) is 1. The van der Waals surface area contributed by atoms with Crippen molar-refractivity contribution in [3.63, 3.8) is 0 Å². The van der Waals surface area contributed by atoms with Crippen LogP contribution in [0, 0.1) is 4.51 Å². The van der Waals surface area contributed by atoms with E-state index in [0.717, 1.165) is 40.8 Å². The Kier molecular flexibility index (Phi) is 10.3. The lowest BCUT2D eigenvalue weighted by Crippen LogP contribution is -2.12. The fraction of sp³-hybridized carbons (Fsp3) is 0.650. The molecular formula is C20H31NOS2.